The van der Waals surface area contributed by atoms with Crippen LogP contribution in [0, 0.1) is 6.92 Å². The van der Waals surface area contributed by atoms with Gasteiger partial charge in [0, 0.05) is 23.3 Å². The van der Waals surface area contributed by atoms with Crippen molar-refractivity contribution in [2.75, 3.05) is 0 Å². The third-order valence-corrected chi connectivity index (χ3v) is 3.33. The highest BCUT2D eigenvalue weighted by atomic mass is 16.4. The van der Waals surface area contributed by atoms with E-state index in [1.54, 1.807) is 13.1 Å². The molecule has 0 saturated carbocycles. The molecule has 0 aliphatic carbocycles. The molecule has 1 N–H and O–H groups in total. The first-order chi connectivity index (χ1) is 9.65. The van der Waals surface area contributed by atoms with Gasteiger partial charge in [0.2, 0.25) is 5.76 Å². The number of aryl methyl sites for hydroxylation is 1. The molecule has 0 fully saturated rings. The Morgan fingerprint density at radius 1 is 1.30 bits per heavy atom. The van der Waals surface area contributed by atoms with Gasteiger partial charge in [-0.15, -0.1) is 0 Å². The van der Waals surface area contributed by atoms with E-state index in [1.807, 2.05) is 36.5 Å². The summed E-state index contributed by atoms with van der Waals surface area (Å²) in [6.45, 7) is 1.77. The third kappa shape index (κ3) is 2.16. The molecule has 3 aromatic rings. The Labute approximate surface area is 115 Å². The first kappa shape index (κ1) is 12.4. The maximum atomic E-state index is 11.1. The summed E-state index contributed by atoms with van der Waals surface area (Å²) < 4.78 is 5.35. The van der Waals surface area contributed by atoms with Crippen molar-refractivity contribution < 1.29 is 14.3 Å². The van der Waals surface area contributed by atoms with E-state index in [-0.39, 0.29) is 5.76 Å². The van der Waals surface area contributed by atoms with Crippen LogP contribution in [0.3, 0.4) is 0 Å². The summed E-state index contributed by atoms with van der Waals surface area (Å²) >= 11 is 0. The van der Waals surface area contributed by atoms with Crippen molar-refractivity contribution >= 4 is 16.9 Å². The average molecular weight is 267 g/mol. The molecule has 2 aromatic heterocycles. The first-order valence-corrected chi connectivity index (χ1v) is 6.29. The van der Waals surface area contributed by atoms with Crippen molar-refractivity contribution in [1.29, 1.82) is 0 Å². The van der Waals surface area contributed by atoms with Gasteiger partial charge in [0.25, 0.3) is 0 Å². The predicted molar refractivity (Wildman–Crippen MR) is 75.0 cm³/mol. The van der Waals surface area contributed by atoms with Gasteiger partial charge in [-0.05, 0) is 42.7 Å². The maximum absolute atomic E-state index is 11.1. The summed E-state index contributed by atoms with van der Waals surface area (Å²) in [5, 5.41) is 9.92. The summed E-state index contributed by atoms with van der Waals surface area (Å²) in [4.78, 5) is 15.2. The van der Waals surface area contributed by atoms with Crippen LogP contribution >= 0.6 is 0 Å². The van der Waals surface area contributed by atoms with Crippen molar-refractivity contribution in [3.05, 3.63) is 65.2 Å². The Morgan fingerprint density at radius 3 is 2.85 bits per heavy atom. The molecule has 3 rings (SSSR count). The number of fused-ring (bicyclic) bond motifs is 1. The van der Waals surface area contributed by atoms with Crippen molar-refractivity contribution in [3.63, 3.8) is 0 Å². The molecule has 0 bridgehead atoms. The molecule has 4 heteroatoms. The molecule has 100 valence electrons. The lowest BCUT2D eigenvalue weighted by Gasteiger charge is -2.01. The zero-order chi connectivity index (χ0) is 14.1. The average Bonchev–Trinajstić information content (AvgIpc) is 2.77. The quantitative estimate of drug-likeness (QED) is 0.789. The Hall–Kier alpha value is -2.62. The number of nitrogens with zero attached hydrogens (tertiary/aromatic N) is 1. The fraction of sp³-hybridized carbons (Fsp3) is 0.125. The van der Waals surface area contributed by atoms with Gasteiger partial charge < -0.3 is 9.52 Å². The molecular formula is C16H13NO3. The van der Waals surface area contributed by atoms with Crippen LogP contribution in [0.5, 0.6) is 0 Å². The second-order valence-corrected chi connectivity index (χ2v) is 4.73. The standard InChI is InChI=1S/C16H13NO3/c1-10-13-8-11(7-12-3-2-6-17-9-12)4-5-14(13)20-15(10)16(18)19/h2-6,8-9H,7H2,1H3,(H,18,19). The van der Waals surface area contributed by atoms with Crippen LogP contribution in [0.2, 0.25) is 0 Å². The van der Waals surface area contributed by atoms with Gasteiger partial charge in [-0.1, -0.05) is 12.1 Å². The summed E-state index contributed by atoms with van der Waals surface area (Å²) in [7, 11) is 0. The summed E-state index contributed by atoms with van der Waals surface area (Å²) in [6.07, 6.45) is 4.33. The highest BCUT2D eigenvalue weighted by molar-refractivity contribution is 5.95. The second kappa shape index (κ2) is 4.81. The lowest BCUT2D eigenvalue weighted by molar-refractivity contribution is 0.0664. The largest absolute Gasteiger partial charge is 0.475 e. The van der Waals surface area contributed by atoms with E-state index in [1.165, 1.54) is 0 Å². The number of carboxylic acids is 1. The fourth-order valence-electron chi connectivity index (χ4n) is 2.32. The minimum Gasteiger partial charge on any atom is -0.475 e. The Morgan fingerprint density at radius 2 is 2.15 bits per heavy atom. The smallest absolute Gasteiger partial charge is 0.372 e. The van der Waals surface area contributed by atoms with Gasteiger partial charge in [0.05, 0.1) is 0 Å². The predicted octanol–water partition coefficient (Wildman–Crippen LogP) is 3.43. The molecule has 20 heavy (non-hydrogen) atoms. The van der Waals surface area contributed by atoms with Crippen LogP contribution < -0.4 is 0 Å². The Balaban J connectivity index is 2.02. The number of aromatic nitrogens is 1. The van der Waals surface area contributed by atoms with Gasteiger partial charge in [-0.3, -0.25) is 4.98 Å². The van der Waals surface area contributed by atoms with Crippen LogP contribution in [-0.2, 0) is 6.42 Å². The van der Waals surface area contributed by atoms with Crippen LogP contribution in [0.15, 0.2) is 47.1 Å². The SMILES string of the molecule is Cc1c(C(=O)O)oc2ccc(Cc3cccnc3)cc12. The minimum absolute atomic E-state index is 0.0125. The molecule has 0 unspecified atom stereocenters. The molecule has 0 aliphatic heterocycles. The van der Waals surface area contributed by atoms with E-state index < -0.39 is 5.97 Å². The fourth-order valence-corrected chi connectivity index (χ4v) is 2.32. The highest BCUT2D eigenvalue weighted by Crippen LogP contribution is 2.27. The molecule has 4 nitrogen and oxygen atoms in total. The zero-order valence-corrected chi connectivity index (χ0v) is 11.0. The van der Waals surface area contributed by atoms with Crippen molar-refractivity contribution in [1.82, 2.24) is 4.98 Å². The van der Waals surface area contributed by atoms with E-state index in [0.29, 0.717) is 11.1 Å². The molecule has 1 aromatic carbocycles. The van der Waals surface area contributed by atoms with Gasteiger partial charge >= 0.3 is 5.97 Å². The molecule has 0 amide bonds. The highest BCUT2D eigenvalue weighted by Gasteiger charge is 2.16. The lowest BCUT2D eigenvalue weighted by Crippen LogP contribution is -1.95. The lowest BCUT2D eigenvalue weighted by atomic mass is 10.0. The normalized spacial score (nSPS) is 10.8. The number of rotatable bonds is 3. The second-order valence-electron chi connectivity index (χ2n) is 4.73. The molecule has 2 heterocycles. The summed E-state index contributed by atoms with van der Waals surface area (Å²) in [6, 6.07) is 9.67. The monoisotopic (exact) mass is 267 g/mol. The van der Waals surface area contributed by atoms with Gasteiger partial charge in [-0.25, -0.2) is 4.79 Å². The third-order valence-electron chi connectivity index (χ3n) is 3.33. The number of hydrogen-bond acceptors (Lipinski definition) is 3. The van der Waals surface area contributed by atoms with Gasteiger partial charge in [-0.2, -0.15) is 0 Å². The van der Waals surface area contributed by atoms with E-state index in [9.17, 15) is 4.79 Å². The topological polar surface area (TPSA) is 63.3 Å². The van der Waals surface area contributed by atoms with E-state index in [2.05, 4.69) is 4.98 Å². The first-order valence-electron chi connectivity index (χ1n) is 6.29. The van der Waals surface area contributed by atoms with Crippen LogP contribution in [0.4, 0.5) is 0 Å². The number of pyridine rings is 1. The zero-order valence-electron chi connectivity index (χ0n) is 11.0. The molecule has 0 spiro atoms. The van der Waals surface area contributed by atoms with Gasteiger partial charge in [0.15, 0.2) is 0 Å². The molecule has 0 radical (unpaired) electrons. The minimum atomic E-state index is -1.03. The van der Waals surface area contributed by atoms with Crippen molar-refractivity contribution in [2.24, 2.45) is 0 Å². The van der Waals surface area contributed by atoms with E-state index in [0.717, 1.165) is 22.9 Å². The van der Waals surface area contributed by atoms with Gasteiger partial charge in [0.1, 0.15) is 5.58 Å². The molecule has 0 saturated heterocycles. The van der Waals surface area contributed by atoms with Crippen molar-refractivity contribution in [2.45, 2.75) is 13.3 Å². The van der Waals surface area contributed by atoms with E-state index in [4.69, 9.17) is 9.52 Å². The molecule has 0 aliphatic rings. The Bertz CT molecular complexity index is 775. The summed E-state index contributed by atoms with van der Waals surface area (Å²) in [5.41, 5.74) is 3.49. The van der Waals surface area contributed by atoms with Crippen molar-refractivity contribution in [3.8, 4) is 0 Å². The number of benzene rings is 1. The van der Waals surface area contributed by atoms with Crippen LogP contribution in [0.25, 0.3) is 11.0 Å². The Kier molecular flexibility index (Phi) is 2.99. The number of hydrogen-bond donors (Lipinski definition) is 1. The van der Waals surface area contributed by atoms with Crippen LogP contribution in [-0.4, -0.2) is 16.1 Å². The van der Waals surface area contributed by atoms with E-state index >= 15 is 0 Å². The number of carboxylic acid groups (broad SMARTS) is 1. The molecule has 0 atom stereocenters. The number of furan rings is 1. The summed E-state index contributed by atoms with van der Waals surface area (Å²) in [5.74, 6) is -1.02. The number of carbonyl (C=O) groups is 1. The number of aromatic carboxylic acids is 1. The maximum Gasteiger partial charge on any atom is 0.372 e. The van der Waals surface area contributed by atoms with Crippen LogP contribution in [0.1, 0.15) is 27.2 Å². The molecular weight excluding hydrogens is 254 g/mol.